The van der Waals surface area contributed by atoms with Gasteiger partial charge in [0.2, 0.25) is 0 Å². The summed E-state index contributed by atoms with van der Waals surface area (Å²) in [6, 6.07) is 0. The topological polar surface area (TPSA) is 76.4 Å². The van der Waals surface area contributed by atoms with E-state index in [0.29, 0.717) is 22.9 Å². The van der Waals surface area contributed by atoms with Gasteiger partial charge >= 0.3 is 0 Å². The van der Waals surface area contributed by atoms with Crippen LogP contribution in [0.3, 0.4) is 0 Å². The smallest absolute Gasteiger partial charge is 0.263 e. The van der Waals surface area contributed by atoms with Gasteiger partial charge in [0.05, 0.1) is 6.10 Å². The van der Waals surface area contributed by atoms with E-state index >= 15 is 0 Å². The van der Waals surface area contributed by atoms with Crippen molar-refractivity contribution in [2.24, 2.45) is 0 Å². The van der Waals surface area contributed by atoms with Gasteiger partial charge in [-0.2, -0.15) is 0 Å². The van der Waals surface area contributed by atoms with Crippen LogP contribution in [0.1, 0.15) is 37.4 Å². The molecule has 0 radical (unpaired) electrons. The van der Waals surface area contributed by atoms with Gasteiger partial charge in [0.25, 0.3) is 5.91 Å². The number of carbonyl (C=O) groups is 1. The molecular weight excluding hydrogens is 274 g/mol. The Morgan fingerprint density at radius 1 is 1.45 bits per heavy atom. The Balaban J connectivity index is 3.06. The Labute approximate surface area is 124 Å². The second kappa shape index (κ2) is 7.19. The zero-order chi connectivity index (χ0) is 15.3. The van der Waals surface area contributed by atoms with Gasteiger partial charge in [0, 0.05) is 13.6 Å². The first-order chi connectivity index (χ1) is 9.36. The maximum absolute atomic E-state index is 11.8. The lowest BCUT2D eigenvalue weighted by molar-refractivity contribution is 0.0967. The highest BCUT2D eigenvalue weighted by Gasteiger charge is 2.22. The largest absolute Gasteiger partial charge is 0.486 e. The van der Waals surface area contributed by atoms with Crippen molar-refractivity contribution in [2.45, 2.75) is 33.8 Å². The molecule has 1 rings (SSSR count). The third-order valence-corrected chi connectivity index (χ3v) is 3.60. The maximum atomic E-state index is 11.8. The van der Waals surface area contributed by atoms with Crippen LogP contribution < -0.4 is 21.1 Å². The summed E-state index contributed by atoms with van der Waals surface area (Å²) in [4.78, 5) is 12.3. The van der Waals surface area contributed by atoms with Gasteiger partial charge in [0.15, 0.2) is 5.75 Å². The van der Waals surface area contributed by atoms with E-state index in [4.69, 9.17) is 10.5 Å². The normalized spacial score (nSPS) is 10.3. The van der Waals surface area contributed by atoms with Crippen LogP contribution in [0.5, 0.6) is 5.75 Å². The number of anilines is 2. The zero-order valence-electron chi connectivity index (χ0n) is 12.7. The molecule has 0 spiro atoms. The van der Waals surface area contributed by atoms with Gasteiger partial charge in [0.1, 0.15) is 15.6 Å². The highest BCUT2D eigenvalue weighted by atomic mass is 32.1. The number of hydrogen-bond donors (Lipinski definition) is 3. The number of ether oxygens (including phenoxy) is 1. The predicted molar refractivity (Wildman–Crippen MR) is 85.8 cm³/mol. The van der Waals surface area contributed by atoms with Crippen LogP contribution in [0.15, 0.2) is 11.6 Å². The molecule has 0 saturated carbocycles. The second-order valence-corrected chi connectivity index (χ2v) is 5.93. The van der Waals surface area contributed by atoms with E-state index in [2.05, 4.69) is 16.7 Å². The highest BCUT2D eigenvalue weighted by molar-refractivity contribution is 7.19. The maximum Gasteiger partial charge on any atom is 0.263 e. The van der Waals surface area contributed by atoms with Crippen LogP contribution in [0.2, 0.25) is 0 Å². The van der Waals surface area contributed by atoms with Gasteiger partial charge in [-0.05, 0) is 27.7 Å². The number of carbonyl (C=O) groups excluding carboxylic acids is 1. The number of thiophene rings is 1. The summed E-state index contributed by atoms with van der Waals surface area (Å²) in [5.41, 5.74) is 7.64. The molecule has 5 nitrogen and oxygen atoms in total. The molecule has 20 heavy (non-hydrogen) atoms. The lowest BCUT2D eigenvalue weighted by Gasteiger charge is -2.12. The zero-order valence-corrected chi connectivity index (χ0v) is 13.5. The average molecular weight is 297 g/mol. The molecular formula is C14H23N3O2S. The van der Waals surface area contributed by atoms with Crippen molar-refractivity contribution < 1.29 is 9.53 Å². The van der Waals surface area contributed by atoms with E-state index in [1.807, 2.05) is 27.7 Å². The molecule has 0 aromatic carbocycles. The van der Waals surface area contributed by atoms with Crippen molar-refractivity contribution in [3.8, 4) is 5.75 Å². The molecule has 0 saturated heterocycles. The van der Waals surface area contributed by atoms with E-state index in [1.54, 1.807) is 7.05 Å². The minimum atomic E-state index is -0.198. The minimum Gasteiger partial charge on any atom is -0.486 e. The number of rotatable bonds is 6. The Morgan fingerprint density at radius 3 is 2.60 bits per heavy atom. The van der Waals surface area contributed by atoms with Crippen LogP contribution in [0.4, 0.5) is 10.7 Å². The lowest BCUT2D eigenvalue weighted by atomic mass is 10.3. The van der Waals surface area contributed by atoms with Crippen LogP contribution >= 0.6 is 11.3 Å². The molecule has 0 unspecified atom stereocenters. The summed E-state index contributed by atoms with van der Waals surface area (Å²) in [6.07, 6.45) is 2.06. The summed E-state index contributed by atoms with van der Waals surface area (Å²) in [5.74, 6) is 0.363. The Bertz CT molecular complexity index is 503. The molecule has 0 bridgehead atoms. The van der Waals surface area contributed by atoms with E-state index in [9.17, 15) is 4.79 Å². The molecule has 0 aliphatic heterocycles. The van der Waals surface area contributed by atoms with Crippen molar-refractivity contribution in [3.63, 3.8) is 0 Å². The first-order valence-electron chi connectivity index (χ1n) is 6.55. The van der Waals surface area contributed by atoms with Gasteiger partial charge in [-0.1, -0.05) is 11.6 Å². The molecule has 4 N–H and O–H groups in total. The van der Waals surface area contributed by atoms with Gasteiger partial charge in [-0.3, -0.25) is 4.79 Å². The monoisotopic (exact) mass is 297 g/mol. The molecule has 1 heterocycles. The number of nitrogens with one attached hydrogen (secondary N) is 2. The predicted octanol–water partition coefficient (Wildman–Crippen LogP) is 2.86. The SMILES string of the molecule is CNC(=O)c1sc(NCC=C(C)C)c(OC(C)C)c1N. The van der Waals surface area contributed by atoms with E-state index in [1.165, 1.54) is 16.9 Å². The van der Waals surface area contributed by atoms with Gasteiger partial charge in [-0.25, -0.2) is 0 Å². The quantitative estimate of drug-likeness (QED) is 0.706. The number of nitrogen functional groups attached to an aromatic ring is 1. The third kappa shape index (κ3) is 4.16. The highest BCUT2D eigenvalue weighted by Crippen LogP contribution is 2.43. The first kappa shape index (κ1) is 16.4. The van der Waals surface area contributed by atoms with Crippen LogP contribution in [0.25, 0.3) is 0 Å². The fourth-order valence-corrected chi connectivity index (χ4v) is 2.54. The lowest BCUT2D eigenvalue weighted by Crippen LogP contribution is -2.17. The van der Waals surface area contributed by atoms with Crippen LogP contribution in [-0.4, -0.2) is 25.6 Å². The van der Waals surface area contributed by atoms with Crippen molar-refractivity contribution in [3.05, 3.63) is 16.5 Å². The number of nitrogens with two attached hydrogens (primary N) is 1. The fraction of sp³-hybridized carbons (Fsp3) is 0.500. The van der Waals surface area contributed by atoms with Crippen LogP contribution in [0, 0.1) is 0 Å². The molecule has 0 aliphatic rings. The Kier molecular flexibility index (Phi) is 5.88. The van der Waals surface area contributed by atoms with Crippen molar-refractivity contribution in [1.29, 1.82) is 0 Å². The summed E-state index contributed by atoms with van der Waals surface area (Å²) in [5, 5.41) is 6.62. The molecule has 0 aliphatic carbocycles. The third-order valence-electron chi connectivity index (χ3n) is 2.46. The number of amides is 1. The van der Waals surface area contributed by atoms with E-state index in [-0.39, 0.29) is 12.0 Å². The summed E-state index contributed by atoms with van der Waals surface area (Å²) in [6.45, 7) is 8.59. The molecule has 1 aromatic heterocycles. The standard InChI is InChI=1S/C14H23N3O2S/c1-8(2)6-7-17-14-11(19-9(3)4)10(15)12(20-14)13(18)16-5/h6,9,17H,7,15H2,1-5H3,(H,16,18). The molecule has 0 fully saturated rings. The number of hydrogen-bond acceptors (Lipinski definition) is 5. The first-order valence-corrected chi connectivity index (χ1v) is 7.36. The molecule has 6 heteroatoms. The van der Waals surface area contributed by atoms with Gasteiger partial charge in [-0.15, -0.1) is 11.3 Å². The van der Waals surface area contributed by atoms with Crippen molar-refractivity contribution in [1.82, 2.24) is 5.32 Å². The van der Waals surface area contributed by atoms with Crippen LogP contribution in [-0.2, 0) is 0 Å². The summed E-state index contributed by atoms with van der Waals surface area (Å²) in [7, 11) is 1.58. The average Bonchev–Trinajstić information content (AvgIpc) is 2.66. The summed E-state index contributed by atoms with van der Waals surface area (Å²) >= 11 is 1.31. The minimum absolute atomic E-state index is 0.00607. The molecule has 1 amide bonds. The molecule has 112 valence electrons. The second-order valence-electron chi connectivity index (χ2n) is 4.91. The molecule has 1 aromatic rings. The Hall–Kier alpha value is -1.69. The van der Waals surface area contributed by atoms with E-state index in [0.717, 1.165) is 5.00 Å². The number of allylic oxidation sites excluding steroid dienone is 1. The van der Waals surface area contributed by atoms with Crippen molar-refractivity contribution >= 4 is 27.9 Å². The van der Waals surface area contributed by atoms with Gasteiger partial charge < -0.3 is 21.1 Å². The van der Waals surface area contributed by atoms with Crippen molar-refractivity contribution in [2.75, 3.05) is 24.6 Å². The van der Waals surface area contributed by atoms with E-state index < -0.39 is 0 Å². The summed E-state index contributed by atoms with van der Waals surface area (Å²) < 4.78 is 5.73. The fourth-order valence-electron chi connectivity index (χ4n) is 1.53. The Morgan fingerprint density at radius 2 is 2.10 bits per heavy atom. The molecule has 0 atom stereocenters.